The fraction of sp³-hybridized carbons (Fsp3) is 0.444. The van der Waals surface area contributed by atoms with Gasteiger partial charge in [0.2, 0.25) is 5.91 Å². The molecule has 1 amide bonds. The van der Waals surface area contributed by atoms with Crippen LogP contribution >= 0.6 is 0 Å². The van der Waals surface area contributed by atoms with Gasteiger partial charge in [-0.25, -0.2) is 0 Å². The number of ether oxygens (including phenoxy) is 1. The number of aryl methyl sites for hydroxylation is 1. The van der Waals surface area contributed by atoms with E-state index in [2.05, 4.69) is 10.00 Å². The third-order valence-corrected chi connectivity index (χ3v) is 5.16. The molecule has 6 nitrogen and oxygen atoms in total. The van der Waals surface area contributed by atoms with Crippen LogP contribution in [0.4, 0.5) is 5.69 Å². The van der Waals surface area contributed by atoms with E-state index in [1.165, 1.54) is 11.3 Å². The van der Waals surface area contributed by atoms with Gasteiger partial charge in [0.05, 0.1) is 30.7 Å². The SMILES string of the molecule is COc1ccccc1N1CC[C@H](N2CCc3cnn(C)c3C2)C1=O. The predicted molar refractivity (Wildman–Crippen MR) is 91.1 cm³/mol. The smallest absolute Gasteiger partial charge is 0.244 e. The van der Waals surface area contributed by atoms with Crippen LogP contribution in [0.3, 0.4) is 0 Å². The van der Waals surface area contributed by atoms with Crippen molar-refractivity contribution in [3.63, 3.8) is 0 Å². The summed E-state index contributed by atoms with van der Waals surface area (Å²) in [4.78, 5) is 17.2. The molecular weight excluding hydrogens is 304 g/mol. The Morgan fingerprint density at radius 1 is 1.25 bits per heavy atom. The summed E-state index contributed by atoms with van der Waals surface area (Å²) in [5, 5.41) is 4.34. The highest BCUT2D eigenvalue weighted by molar-refractivity contribution is 6.00. The molecule has 2 aliphatic rings. The normalized spacial score (nSPS) is 21.2. The van der Waals surface area contributed by atoms with Gasteiger partial charge in [0.1, 0.15) is 5.75 Å². The maximum atomic E-state index is 13.0. The number of methoxy groups -OCH3 is 1. The van der Waals surface area contributed by atoms with Gasteiger partial charge in [0.15, 0.2) is 0 Å². The summed E-state index contributed by atoms with van der Waals surface area (Å²) in [6.07, 6.45) is 3.76. The molecule has 3 heterocycles. The molecule has 1 aromatic carbocycles. The second-order valence-corrected chi connectivity index (χ2v) is 6.43. The number of hydrogen-bond donors (Lipinski definition) is 0. The monoisotopic (exact) mass is 326 g/mol. The summed E-state index contributed by atoms with van der Waals surface area (Å²) in [5.41, 5.74) is 3.40. The van der Waals surface area contributed by atoms with E-state index in [0.29, 0.717) is 0 Å². The third kappa shape index (κ3) is 2.38. The third-order valence-electron chi connectivity index (χ3n) is 5.16. The highest BCUT2D eigenvalue weighted by Gasteiger charge is 2.39. The molecule has 0 bridgehead atoms. The highest BCUT2D eigenvalue weighted by atomic mass is 16.5. The first kappa shape index (κ1) is 15.2. The predicted octanol–water partition coefficient (Wildman–Crippen LogP) is 1.59. The number of para-hydroxylation sites is 2. The number of carbonyl (C=O) groups excluding carboxylic acids is 1. The molecule has 0 radical (unpaired) electrons. The van der Waals surface area contributed by atoms with Crippen LogP contribution in [-0.2, 0) is 24.8 Å². The lowest BCUT2D eigenvalue weighted by Gasteiger charge is -2.31. The van der Waals surface area contributed by atoms with Gasteiger partial charge >= 0.3 is 0 Å². The molecule has 1 aromatic heterocycles. The fourth-order valence-electron chi connectivity index (χ4n) is 3.82. The zero-order valence-electron chi connectivity index (χ0n) is 14.1. The topological polar surface area (TPSA) is 50.6 Å². The molecule has 0 saturated carbocycles. The van der Waals surface area contributed by atoms with Gasteiger partial charge in [-0.3, -0.25) is 14.4 Å². The van der Waals surface area contributed by atoms with Gasteiger partial charge in [-0.2, -0.15) is 5.10 Å². The van der Waals surface area contributed by atoms with Crippen molar-refractivity contribution in [3.8, 4) is 5.75 Å². The molecule has 0 aliphatic carbocycles. The number of benzene rings is 1. The van der Waals surface area contributed by atoms with Crippen molar-refractivity contribution in [3.05, 3.63) is 41.7 Å². The molecule has 0 unspecified atom stereocenters. The minimum absolute atomic E-state index is 0.0574. The Hall–Kier alpha value is -2.34. The van der Waals surface area contributed by atoms with Crippen molar-refractivity contribution in [2.45, 2.75) is 25.4 Å². The van der Waals surface area contributed by atoms with Crippen LogP contribution in [0.15, 0.2) is 30.5 Å². The lowest BCUT2D eigenvalue weighted by molar-refractivity contribution is -0.122. The quantitative estimate of drug-likeness (QED) is 0.859. The second-order valence-electron chi connectivity index (χ2n) is 6.43. The second kappa shape index (κ2) is 5.94. The minimum Gasteiger partial charge on any atom is -0.495 e. The Labute approximate surface area is 141 Å². The Balaban J connectivity index is 1.55. The van der Waals surface area contributed by atoms with Crippen molar-refractivity contribution in [2.24, 2.45) is 7.05 Å². The van der Waals surface area contributed by atoms with E-state index >= 15 is 0 Å². The largest absolute Gasteiger partial charge is 0.495 e. The number of fused-ring (bicyclic) bond motifs is 1. The van der Waals surface area contributed by atoms with Gasteiger partial charge in [0, 0.05) is 26.7 Å². The Morgan fingerprint density at radius 2 is 2.08 bits per heavy atom. The number of rotatable bonds is 3. The molecule has 1 saturated heterocycles. The summed E-state index contributed by atoms with van der Waals surface area (Å²) in [6.45, 7) is 2.44. The van der Waals surface area contributed by atoms with Gasteiger partial charge in [-0.15, -0.1) is 0 Å². The van der Waals surface area contributed by atoms with Crippen LogP contribution < -0.4 is 9.64 Å². The number of aromatic nitrogens is 2. The zero-order valence-corrected chi connectivity index (χ0v) is 14.1. The molecule has 0 N–H and O–H groups in total. The van der Waals surface area contributed by atoms with E-state index in [0.717, 1.165) is 43.9 Å². The maximum Gasteiger partial charge on any atom is 0.244 e. The van der Waals surface area contributed by atoms with E-state index < -0.39 is 0 Å². The van der Waals surface area contributed by atoms with Crippen LogP contribution in [-0.4, -0.2) is 46.8 Å². The number of carbonyl (C=O) groups is 1. The van der Waals surface area contributed by atoms with Crippen molar-refractivity contribution >= 4 is 11.6 Å². The standard InChI is InChI=1S/C18H22N4O2/c1-20-16-12-21(9-7-13(16)11-19-20)15-8-10-22(18(15)23)14-5-3-4-6-17(14)24-2/h3-6,11,15H,7-10,12H2,1-2H3/t15-/m0/s1. The first-order chi connectivity index (χ1) is 11.7. The van der Waals surface area contributed by atoms with E-state index in [1.54, 1.807) is 7.11 Å². The Morgan fingerprint density at radius 3 is 2.92 bits per heavy atom. The number of anilines is 1. The zero-order chi connectivity index (χ0) is 16.7. The first-order valence-corrected chi connectivity index (χ1v) is 8.37. The molecular formula is C18H22N4O2. The first-order valence-electron chi connectivity index (χ1n) is 8.37. The van der Waals surface area contributed by atoms with Crippen LogP contribution in [0.2, 0.25) is 0 Å². The summed E-state index contributed by atoms with van der Waals surface area (Å²) in [6, 6.07) is 7.67. The van der Waals surface area contributed by atoms with E-state index in [9.17, 15) is 4.79 Å². The molecule has 1 atom stereocenters. The molecule has 4 rings (SSSR count). The van der Waals surface area contributed by atoms with Crippen molar-refractivity contribution in [2.75, 3.05) is 25.1 Å². The van der Waals surface area contributed by atoms with Crippen LogP contribution in [0, 0.1) is 0 Å². The molecule has 6 heteroatoms. The summed E-state index contributed by atoms with van der Waals surface area (Å²) in [7, 11) is 3.62. The van der Waals surface area contributed by atoms with E-state index in [4.69, 9.17) is 4.74 Å². The van der Waals surface area contributed by atoms with Crippen molar-refractivity contribution in [1.82, 2.24) is 14.7 Å². The van der Waals surface area contributed by atoms with Crippen molar-refractivity contribution < 1.29 is 9.53 Å². The number of hydrogen-bond acceptors (Lipinski definition) is 4. The van der Waals surface area contributed by atoms with Gasteiger partial charge in [0.25, 0.3) is 0 Å². The Kier molecular flexibility index (Phi) is 3.76. The average molecular weight is 326 g/mol. The maximum absolute atomic E-state index is 13.0. The van der Waals surface area contributed by atoms with Crippen molar-refractivity contribution in [1.29, 1.82) is 0 Å². The van der Waals surface area contributed by atoms with Gasteiger partial charge in [-0.1, -0.05) is 12.1 Å². The molecule has 1 fully saturated rings. The minimum atomic E-state index is -0.0574. The Bertz CT molecular complexity index is 770. The summed E-state index contributed by atoms with van der Waals surface area (Å²) >= 11 is 0. The van der Waals surface area contributed by atoms with Gasteiger partial charge < -0.3 is 9.64 Å². The molecule has 126 valence electrons. The van der Waals surface area contributed by atoms with Gasteiger partial charge in [-0.05, 0) is 30.5 Å². The highest BCUT2D eigenvalue weighted by Crippen LogP contribution is 2.33. The lowest BCUT2D eigenvalue weighted by Crippen LogP contribution is -2.44. The number of amides is 1. The molecule has 2 aromatic rings. The average Bonchev–Trinajstić information content (AvgIpc) is 3.18. The molecule has 24 heavy (non-hydrogen) atoms. The van der Waals surface area contributed by atoms with E-state index in [1.807, 2.05) is 47.1 Å². The van der Waals surface area contributed by atoms with Crippen LogP contribution in [0.25, 0.3) is 0 Å². The van der Waals surface area contributed by atoms with Crippen LogP contribution in [0.5, 0.6) is 5.75 Å². The summed E-state index contributed by atoms with van der Waals surface area (Å²) < 4.78 is 7.35. The van der Waals surface area contributed by atoms with Crippen LogP contribution in [0.1, 0.15) is 17.7 Å². The molecule has 2 aliphatic heterocycles. The fourth-order valence-corrected chi connectivity index (χ4v) is 3.82. The number of nitrogens with zero attached hydrogens (tertiary/aromatic N) is 4. The summed E-state index contributed by atoms with van der Waals surface area (Å²) in [5.74, 6) is 0.921. The lowest BCUT2D eigenvalue weighted by atomic mass is 10.0. The van der Waals surface area contributed by atoms with E-state index in [-0.39, 0.29) is 11.9 Å². The molecule has 0 spiro atoms.